The minimum atomic E-state index is -4.54. The summed E-state index contributed by atoms with van der Waals surface area (Å²) in [5.41, 5.74) is 1.78. The number of alkyl halides is 3. The van der Waals surface area contributed by atoms with Crippen LogP contribution in [-0.4, -0.2) is 56.8 Å². The number of carbonyl (C=O) groups excluding carboxylic acids is 1. The van der Waals surface area contributed by atoms with Crippen LogP contribution in [0.4, 0.5) is 18.0 Å². The first-order chi connectivity index (χ1) is 14.7. The maximum atomic E-state index is 12.2. The molecular weight excluding hydrogens is 415 g/mol. The van der Waals surface area contributed by atoms with Gasteiger partial charge in [-0.25, -0.2) is 4.79 Å². The van der Waals surface area contributed by atoms with Crippen LogP contribution in [0.3, 0.4) is 0 Å². The van der Waals surface area contributed by atoms with Gasteiger partial charge in [0.15, 0.2) is 6.61 Å². The number of hydrogen-bond acceptors (Lipinski definition) is 6. The fourth-order valence-corrected chi connectivity index (χ4v) is 3.65. The summed E-state index contributed by atoms with van der Waals surface area (Å²) in [6, 6.07) is 6.04. The van der Waals surface area contributed by atoms with Crippen LogP contribution in [0, 0.1) is 0 Å². The summed E-state index contributed by atoms with van der Waals surface area (Å²) >= 11 is 0. The first-order valence-corrected chi connectivity index (χ1v) is 10.0. The lowest BCUT2D eigenvalue weighted by molar-refractivity contribution is -0.162. The highest BCUT2D eigenvalue weighted by molar-refractivity contribution is 5.83. The third-order valence-corrected chi connectivity index (χ3v) is 5.25. The average Bonchev–Trinajstić information content (AvgIpc) is 3.38. The topological polar surface area (TPSA) is 86.3 Å². The van der Waals surface area contributed by atoms with E-state index < -0.39 is 18.9 Å². The lowest BCUT2D eigenvalue weighted by Crippen LogP contribution is -2.39. The summed E-state index contributed by atoms with van der Waals surface area (Å²) in [6.45, 7) is 3.05. The van der Waals surface area contributed by atoms with Crippen LogP contribution >= 0.6 is 0 Å². The lowest BCUT2D eigenvalue weighted by atomic mass is 9.97. The molecule has 1 fully saturated rings. The number of nitrogens with zero attached hydrogens (tertiary/aromatic N) is 5. The molecule has 0 atom stereocenters. The second-order valence-electron chi connectivity index (χ2n) is 7.84. The number of ether oxygens (including phenoxy) is 1. The van der Waals surface area contributed by atoms with Crippen LogP contribution in [0.15, 0.2) is 28.9 Å². The summed E-state index contributed by atoms with van der Waals surface area (Å²) in [5.74, 6) is 0.842. The maximum Gasteiger partial charge on any atom is 0.422 e. The molecule has 2 aromatic heterocycles. The van der Waals surface area contributed by atoms with Gasteiger partial charge in [-0.05, 0) is 32.8 Å². The summed E-state index contributed by atoms with van der Waals surface area (Å²) in [6.07, 6.45) is -2.68. The van der Waals surface area contributed by atoms with E-state index in [9.17, 15) is 18.0 Å². The summed E-state index contributed by atoms with van der Waals surface area (Å²) < 4.78 is 48.3. The molecule has 0 bridgehead atoms. The smallest absolute Gasteiger partial charge is 0.422 e. The average molecular weight is 437 g/mol. The quantitative estimate of drug-likeness (QED) is 0.595. The number of rotatable bonds is 4. The summed E-state index contributed by atoms with van der Waals surface area (Å²) in [4.78, 5) is 17.6. The molecule has 1 aliphatic rings. The Morgan fingerprint density at radius 3 is 2.71 bits per heavy atom. The zero-order valence-corrected chi connectivity index (χ0v) is 17.1. The van der Waals surface area contributed by atoms with Crippen molar-refractivity contribution in [1.29, 1.82) is 0 Å². The minimum absolute atomic E-state index is 0.0714. The third kappa shape index (κ3) is 4.64. The van der Waals surface area contributed by atoms with Crippen molar-refractivity contribution in [1.82, 2.24) is 24.8 Å². The van der Waals surface area contributed by atoms with Crippen LogP contribution in [0.5, 0.6) is 0 Å². The zero-order valence-electron chi connectivity index (χ0n) is 17.1. The normalized spacial score (nSPS) is 15.7. The number of piperidine rings is 1. The molecule has 11 heteroatoms. The number of likely N-dealkylation sites (tertiary alicyclic amines) is 1. The number of fused-ring (bicyclic) bond motifs is 1. The van der Waals surface area contributed by atoms with E-state index in [-0.39, 0.29) is 25.0 Å². The van der Waals surface area contributed by atoms with Crippen molar-refractivity contribution in [3.63, 3.8) is 0 Å². The first kappa shape index (κ1) is 21.1. The SMILES string of the molecule is CC(C)n1ncc2ccc(-c3noc(C4CCN(C(=O)OCC(F)(F)F)CC4)n3)cc21. The van der Waals surface area contributed by atoms with E-state index in [1.165, 1.54) is 4.90 Å². The Bertz CT molecular complexity index is 1070. The Morgan fingerprint density at radius 1 is 1.29 bits per heavy atom. The zero-order chi connectivity index (χ0) is 22.2. The molecule has 3 heterocycles. The van der Waals surface area contributed by atoms with Crippen molar-refractivity contribution in [2.24, 2.45) is 0 Å². The van der Waals surface area contributed by atoms with Gasteiger partial charge in [0.2, 0.25) is 11.7 Å². The van der Waals surface area contributed by atoms with Gasteiger partial charge in [0.25, 0.3) is 0 Å². The van der Waals surface area contributed by atoms with Gasteiger partial charge in [-0.2, -0.15) is 23.3 Å². The van der Waals surface area contributed by atoms with Gasteiger partial charge in [-0.3, -0.25) is 4.68 Å². The van der Waals surface area contributed by atoms with Gasteiger partial charge in [-0.1, -0.05) is 17.3 Å². The minimum Gasteiger partial charge on any atom is -0.440 e. The fraction of sp³-hybridized carbons (Fsp3) is 0.500. The molecule has 0 N–H and O–H groups in total. The molecule has 1 amide bonds. The van der Waals surface area contributed by atoms with Crippen LogP contribution in [-0.2, 0) is 4.74 Å². The molecule has 0 saturated carbocycles. The number of carbonyl (C=O) groups is 1. The first-order valence-electron chi connectivity index (χ1n) is 10.0. The molecule has 166 valence electrons. The lowest BCUT2D eigenvalue weighted by Gasteiger charge is -2.29. The van der Waals surface area contributed by atoms with E-state index in [1.807, 2.05) is 29.1 Å². The van der Waals surface area contributed by atoms with E-state index in [4.69, 9.17) is 4.52 Å². The Hall–Kier alpha value is -3.11. The third-order valence-electron chi connectivity index (χ3n) is 5.25. The van der Waals surface area contributed by atoms with Gasteiger partial charge in [0.1, 0.15) is 0 Å². The van der Waals surface area contributed by atoms with E-state index >= 15 is 0 Å². The van der Waals surface area contributed by atoms with Gasteiger partial charge >= 0.3 is 12.3 Å². The van der Waals surface area contributed by atoms with Crippen LogP contribution in [0.1, 0.15) is 44.5 Å². The molecule has 1 aliphatic heterocycles. The maximum absolute atomic E-state index is 12.2. The standard InChI is InChI=1S/C20H22F3N5O3/c1-12(2)28-16-9-14(3-4-15(16)10-24-28)17-25-18(31-26-17)13-5-7-27(8-6-13)19(29)30-11-20(21,22)23/h3-4,9-10,12-13H,5-8,11H2,1-2H3. The second-order valence-corrected chi connectivity index (χ2v) is 7.84. The molecule has 4 rings (SSSR count). The molecule has 31 heavy (non-hydrogen) atoms. The molecule has 3 aromatic rings. The largest absolute Gasteiger partial charge is 0.440 e. The summed E-state index contributed by atoms with van der Waals surface area (Å²) in [5, 5.41) is 9.52. The van der Waals surface area contributed by atoms with Crippen LogP contribution < -0.4 is 0 Å². The Morgan fingerprint density at radius 2 is 2.03 bits per heavy atom. The fourth-order valence-electron chi connectivity index (χ4n) is 3.65. The van der Waals surface area contributed by atoms with Crippen molar-refractivity contribution in [3.05, 3.63) is 30.3 Å². The van der Waals surface area contributed by atoms with E-state index in [0.29, 0.717) is 24.6 Å². The molecule has 1 saturated heterocycles. The molecular formula is C20H22F3N5O3. The number of benzene rings is 1. The van der Waals surface area contributed by atoms with Crippen LogP contribution in [0.2, 0.25) is 0 Å². The van der Waals surface area contributed by atoms with Gasteiger partial charge in [-0.15, -0.1) is 0 Å². The van der Waals surface area contributed by atoms with E-state index in [1.54, 1.807) is 0 Å². The van der Waals surface area contributed by atoms with Crippen molar-refractivity contribution >= 4 is 17.0 Å². The monoisotopic (exact) mass is 437 g/mol. The highest BCUT2D eigenvalue weighted by Crippen LogP contribution is 2.30. The predicted molar refractivity (Wildman–Crippen MR) is 104 cm³/mol. The molecule has 0 radical (unpaired) electrons. The second kappa shape index (κ2) is 8.20. The molecule has 0 unspecified atom stereocenters. The predicted octanol–water partition coefficient (Wildman–Crippen LogP) is 4.55. The van der Waals surface area contributed by atoms with Crippen molar-refractivity contribution in [2.45, 2.75) is 44.8 Å². The Labute approximate surface area is 176 Å². The van der Waals surface area contributed by atoms with Crippen molar-refractivity contribution in [2.75, 3.05) is 19.7 Å². The van der Waals surface area contributed by atoms with E-state index in [0.717, 1.165) is 16.5 Å². The number of hydrogen-bond donors (Lipinski definition) is 0. The number of halogens is 3. The number of amides is 1. The van der Waals surface area contributed by atoms with Crippen molar-refractivity contribution < 1.29 is 27.2 Å². The highest BCUT2D eigenvalue weighted by Gasteiger charge is 2.33. The molecule has 0 spiro atoms. The molecule has 8 nitrogen and oxygen atoms in total. The molecule has 1 aromatic carbocycles. The van der Waals surface area contributed by atoms with Crippen LogP contribution in [0.25, 0.3) is 22.3 Å². The highest BCUT2D eigenvalue weighted by atomic mass is 19.4. The Balaban J connectivity index is 1.41. The van der Waals surface area contributed by atoms with Gasteiger partial charge < -0.3 is 14.2 Å². The van der Waals surface area contributed by atoms with Gasteiger partial charge in [0.05, 0.1) is 11.7 Å². The number of aromatic nitrogens is 4. The molecule has 0 aliphatic carbocycles. The van der Waals surface area contributed by atoms with Crippen molar-refractivity contribution in [3.8, 4) is 11.4 Å². The van der Waals surface area contributed by atoms with Gasteiger partial charge in [0, 0.05) is 36.0 Å². The Kier molecular flexibility index (Phi) is 5.59. The van der Waals surface area contributed by atoms with E-state index in [2.05, 4.69) is 33.8 Å². The summed E-state index contributed by atoms with van der Waals surface area (Å²) in [7, 11) is 0.